The number of nitrogens with one attached hydrogen (secondary N) is 1. The van der Waals surface area contributed by atoms with Crippen LogP contribution in [0, 0.1) is 0 Å². The lowest BCUT2D eigenvalue weighted by atomic mass is 10.6. The zero-order valence-corrected chi connectivity index (χ0v) is 4.57. The quantitative estimate of drug-likeness (QED) is 0.182. The van der Waals surface area contributed by atoms with E-state index in [1.54, 1.807) is 0 Å². The highest BCUT2D eigenvalue weighted by atomic mass is 15.2. The van der Waals surface area contributed by atoms with Crippen molar-refractivity contribution >= 4 is 5.84 Å². The Balaban J connectivity index is 2.90. The third kappa shape index (κ3) is 0.958. The van der Waals surface area contributed by atoms with Crippen molar-refractivity contribution in [1.29, 1.82) is 0 Å². The van der Waals surface area contributed by atoms with Gasteiger partial charge in [-0.05, 0) is 0 Å². The fourth-order valence-electron chi connectivity index (χ4n) is 0.390. The highest BCUT2D eigenvalue weighted by Gasteiger charge is 1.97. The van der Waals surface area contributed by atoms with E-state index < -0.39 is 0 Å². The van der Waals surface area contributed by atoms with E-state index in [1.807, 2.05) is 0 Å². The number of nitrogens with zero attached hydrogens (tertiary/aromatic N) is 3. The third-order valence-electron chi connectivity index (χ3n) is 0.797. The van der Waals surface area contributed by atoms with Crippen LogP contribution in [0.3, 0.4) is 0 Å². The fraction of sp³-hybridized carbons (Fsp3) is 0. The van der Waals surface area contributed by atoms with E-state index in [9.17, 15) is 0 Å². The van der Waals surface area contributed by atoms with Gasteiger partial charge in [0.05, 0.1) is 0 Å². The van der Waals surface area contributed by atoms with Crippen molar-refractivity contribution in [2.75, 3.05) is 0 Å². The van der Waals surface area contributed by atoms with Crippen LogP contribution in [0.2, 0.25) is 0 Å². The minimum atomic E-state index is 0.146. The summed E-state index contributed by atoms with van der Waals surface area (Å²) < 4.78 is 0. The maximum atomic E-state index is 5.23. The van der Waals surface area contributed by atoms with Gasteiger partial charge in [0.1, 0.15) is 6.33 Å². The number of hydrogen-bond donors (Lipinski definition) is 3. The van der Waals surface area contributed by atoms with Crippen LogP contribution < -0.4 is 11.6 Å². The maximum Gasteiger partial charge on any atom is 0.192 e. The van der Waals surface area contributed by atoms with Gasteiger partial charge < -0.3 is 11.6 Å². The molecule has 6 nitrogen and oxygen atoms in total. The van der Waals surface area contributed by atoms with E-state index in [4.69, 9.17) is 11.6 Å². The number of hydrazone groups is 1. The van der Waals surface area contributed by atoms with Crippen LogP contribution in [-0.4, -0.2) is 21.0 Å². The number of aromatic amines is 1. The molecular weight excluding hydrogens is 120 g/mol. The molecule has 0 bridgehead atoms. The number of aromatic nitrogens is 3. The molecule has 1 aromatic rings. The molecule has 1 heterocycles. The zero-order chi connectivity index (χ0) is 6.69. The van der Waals surface area contributed by atoms with Crippen molar-refractivity contribution in [2.24, 2.45) is 16.7 Å². The van der Waals surface area contributed by atoms with E-state index >= 15 is 0 Å². The molecule has 0 saturated carbocycles. The molecule has 0 aliphatic heterocycles. The minimum absolute atomic E-state index is 0.146. The number of amidine groups is 1. The first-order valence-electron chi connectivity index (χ1n) is 2.23. The third-order valence-corrected chi connectivity index (χ3v) is 0.797. The molecule has 6 heteroatoms. The Hall–Kier alpha value is -1.59. The number of rotatable bonds is 1. The molecule has 0 atom stereocenters. The lowest BCUT2D eigenvalue weighted by Crippen LogP contribution is -2.17. The van der Waals surface area contributed by atoms with Crippen molar-refractivity contribution in [3.63, 3.8) is 0 Å². The molecule has 0 aromatic carbocycles. The van der Waals surface area contributed by atoms with E-state index in [-0.39, 0.29) is 5.84 Å². The second-order valence-electron chi connectivity index (χ2n) is 1.35. The average molecular weight is 126 g/mol. The molecule has 1 rings (SSSR count). The topological polar surface area (TPSA) is 106 Å². The summed E-state index contributed by atoms with van der Waals surface area (Å²) in [5.74, 6) is 5.37. The van der Waals surface area contributed by atoms with Gasteiger partial charge in [-0.2, -0.15) is 10.2 Å². The predicted octanol–water partition coefficient (Wildman–Crippen LogP) is -1.62. The van der Waals surface area contributed by atoms with Crippen molar-refractivity contribution in [2.45, 2.75) is 0 Å². The van der Waals surface area contributed by atoms with Crippen molar-refractivity contribution in [1.82, 2.24) is 15.2 Å². The Bertz CT molecular complexity index is 198. The molecule has 48 valence electrons. The van der Waals surface area contributed by atoms with Gasteiger partial charge >= 0.3 is 0 Å². The van der Waals surface area contributed by atoms with Crippen LogP contribution in [0.1, 0.15) is 5.82 Å². The highest BCUT2D eigenvalue weighted by molar-refractivity contribution is 5.93. The average Bonchev–Trinajstić information content (AvgIpc) is 2.37. The standard InChI is InChI=1S/C3H6N6/c4-2(8-5)3-6-1-7-9-3/h1H,5H2,(H2,4,8)(H,6,7,9). The van der Waals surface area contributed by atoms with Gasteiger partial charge in [0.2, 0.25) is 0 Å². The molecule has 0 aliphatic rings. The summed E-state index contributed by atoms with van der Waals surface area (Å²) in [5, 5.41) is 9.22. The highest BCUT2D eigenvalue weighted by Crippen LogP contribution is 1.80. The fourth-order valence-corrected chi connectivity index (χ4v) is 0.390. The summed E-state index contributed by atoms with van der Waals surface area (Å²) in [6.07, 6.45) is 1.33. The van der Waals surface area contributed by atoms with Crippen LogP contribution in [-0.2, 0) is 0 Å². The first kappa shape index (κ1) is 5.54. The Labute approximate surface area is 51.0 Å². The molecule has 9 heavy (non-hydrogen) atoms. The SMILES string of the molecule is N/N=C(\N)c1ncn[nH]1. The smallest absolute Gasteiger partial charge is 0.192 e. The molecular formula is C3H6N6. The normalized spacial score (nSPS) is 11.8. The van der Waals surface area contributed by atoms with Crippen LogP contribution in [0.5, 0.6) is 0 Å². The van der Waals surface area contributed by atoms with Gasteiger partial charge in [-0.1, -0.05) is 0 Å². The number of hydrogen-bond acceptors (Lipinski definition) is 4. The molecule has 0 unspecified atom stereocenters. The van der Waals surface area contributed by atoms with Gasteiger partial charge in [-0.3, -0.25) is 5.10 Å². The van der Waals surface area contributed by atoms with Gasteiger partial charge in [0, 0.05) is 0 Å². The molecule has 0 spiro atoms. The predicted molar refractivity (Wildman–Crippen MR) is 31.3 cm³/mol. The molecule has 5 N–H and O–H groups in total. The van der Waals surface area contributed by atoms with E-state index in [0.717, 1.165) is 0 Å². The maximum absolute atomic E-state index is 5.23. The molecule has 0 radical (unpaired) electrons. The lowest BCUT2D eigenvalue weighted by molar-refractivity contribution is 1.07. The van der Waals surface area contributed by atoms with Gasteiger partial charge in [-0.25, -0.2) is 4.98 Å². The van der Waals surface area contributed by atoms with Crippen molar-refractivity contribution in [3.05, 3.63) is 12.2 Å². The van der Waals surface area contributed by atoms with Gasteiger partial charge in [-0.15, -0.1) is 0 Å². The Kier molecular flexibility index (Phi) is 1.31. The summed E-state index contributed by atoms with van der Waals surface area (Å²) in [6, 6.07) is 0. The van der Waals surface area contributed by atoms with Crippen LogP contribution in [0.15, 0.2) is 11.4 Å². The van der Waals surface area contributed by atoms with E-state index in [1.165, 1.54) is 6.33 Å². The molecule has 0 amide bonds. The Morgan fingerprint density at radius 3 is 3.00 bits per heavy atom. The summed E-state index contributed by atoms with van der Waals surface area (Å²) in [7, 11) is 0. The second-order valence-corrected chi connectivity index (χ2v) is 1.35. The summed E-state index contributed by atoms with van der Waals surface area (Å²) in [6.45, 7) is 0. The van der Waals surface area contributed by atoms with Crippen LogP contribution in [0.25, 0.3) is 0 Å². The number of H-pyrrole nitrogens is 1. The summed E-state index contributed by atoms with van der Waals surface area (Å²) in [5.41, 5.74) is 5.23. The Morgan fingerprint density at radius 2 is 2.56 bits per heavy atom. The van der Waals surface area contributed by atoms with Gasteiger partial charge in [0.15, 0.2) is 11.7 Å². The molecule has 0 fully saturated rings. The molecule has 0 saturated heterocycles. The monoisotopic (exact) mass is 126 g/mol. The summed E-state index contributed by atoms with van der Waals surface area (Å²) in [4.78, 5) is 3.68. The second kappa shape index (κ2) is 2.12. The van der Waals surface area contributed by atoms with E-state index in [0.29, 0.717) is 5.82 Å². The summed E-state index contributed by atoms with van der Waals surface area (Å²) >= 11 is 0. The van der Waals surface area contributed by atoms with Crippen molar-refractivity contribution in [3.8, 4) is 0 Å². The molecule has 1 aromatic heterocycles. The Morgan fingerprint density at radius 1 is 1.78 bits per heavy atom. The first-order chi connectivity index (χ1) is 4.34. The van der Waals surface area contributed by atoms with E-state index in [2.05, 4.69) is 20.3 Å². The minimum Gasteiger partial charge on any atom is -0.379 e. The first-order valence-corrected chi connectivity index (χ1v) is 2.23. The van der Waals surface area contributed by atoms with Gasteiger partial charge in [0.25, 0.3) is 0 Å². The molecule has 0 aliphatic carbocycles. The zero-order valence-electron chi connectivity index (χ0n) is 4.57. The van der Waals surface area contributed by atoms with Crippen LogP contribution >= 0.6 is 0 Å². The number of nitrogens with two attached hydrogens (primary N) is 2. The van der Waals surface area contributed by atoms with Crippen LogP contribution in [0.4, 0.5) is 0 Å². The lowest BCUT2D eigenvalue weighted by Gasteiger charge is -1.87. The van der Waals surface area contributed by atoms with Crippen molar-refractivity contribution < 1.29 is 0 Å². The largest absolute Gasteiger partial charge is 0.379 e.